The van der Waals surface area contributed by atoms with Crippen molar-refractivity contribution in [1.29, 1.82) is 0 Å². The first kappa shape index (κ1) is 12.4. The maximum absolute atomic E-state index is 6.14. The Kier molecular flexibility index (Phi) is 3.62. The van der Waals surface area contributed by atoms with Gasteiger partial charge in [-0.3, -0.25) is 0 Å². The summed E-state index contributed by atoms with van der Waals surface area (Å²) < 4.78 is 5.40. The molecule has 2 heteroatoms. The smallest absolute Gasteiger partial charge is 0.0623 e. The van der Waals surface area contributed by atoms with E-state index in [9.17, 15) is 0 Å². The van der Waals surface area contributed by atoms with Crippen LogP contribution in [0, 0.1) is 0 Å². The van der Waals surface area contributed by atoms with E-state index in [-0.39, 0.29) is 6.04 Å². The topological polar surface area (TPSA) is 35.2 Å². The molecule has 1 fully saturated rings. The highest BCUT2D eigenvalue weighted by atomic mass is 16.5. The molecule has 2 aromatic rings. The molecule has 0 unspecified atom stereocenters. The van der Waals surface area contributed by atoms with Crippen LogP contribution >= 0.6 is 0 Å². The van der Waals surface area contributed by atoms with Crippen LogP contribution in [-0.2, 0) is 4.74 Å². The van der Waals surface area contributed by atoms with Gasteiger partial charge < -0.3 is 10.5 Å². The number of rotatable bonds is 2. The first-order valence-corrected chi connectivity index (χ1v) is 6.83. The van der Waals surface area contributed by atoms with Gasteiger partial charge in [0.1, 0.15) is 0 Å². The van der Waals surface area contributed by atoms with Crippen molar-refractivity contribution in [2.45, 2.75) is 18.4 Å². The van der Waals surface area contributed by atoms with Crippen LogP contribution < -0.4 is 5.73 Å². The zero-order valence-electron chi connectivity index (χ0n) is 11.0. The Morgan fingerprint density at radius 2 is 1.58 bits per heavy atom. The Morgan fingerprint density at radius 3 is 2.26 bits per heavy atom. The second-order valence-electron chi connectivity index (χ2n) is 5.12. The van der Waals surface area contributed by atoms with Crippen molar-refractivity contribution in [3.05, 3.63) is 60.2 Å². The Bertz CT molecular complexity index is 521. The minimum atomic E-state index is 0.122. The number of ether oxygens (including phenoxy) is 1. The molecule has 1 heterocycles. The summed E-state index contributed by atoms with van der Waals surface area (Å²) in [7, 11) is 0. The molecule has 19 heavy (non-hydrogen) atoms. The number of hydrogen-bond donors (Lipinski definition) is 1. The predicted octanol–water partition coefficient (Wildman–Crippen LogP) is 3.18. The lowest BCUT2D eigenvalue weighted by molar-refractivity contribution is 0.0696. The molecule has 0 radical (unpaired) electrons. The average Bonchev–Trinajstić information content (AvgIpc) is 2.49. The molecule has 1 aliphatic heterocycles. The quantitative estimate of drug-likeness (QED) is 0.892. The minimum absolute atomic E-state index is 0.122. The fraction of sp³-hybridized carbons (Fsp3) is 0.294. The van der Waals surface area contributed by atoms with E-state index in [1.54, 1.807) is 0 Å². The van der Waals surface area contributed by atoms with E-state index in [4.69, 9.17) is 10.5 Å². The molecule has 2 nitrogen and oxygen atoms in total. The van der Waals surface area contributed by atoms with Crippen LogP contribution in [0.5, 0.6) is 0 Å². The maximum atomic E-state index is 6.14. The monoisotopic (exact) mass is 253 g/mol. The first-order valence-electron chi connectivity index (χ1n) is 6.83. The number of hydrogen-bond acceptors (Lipinski definition) is 2. The van der Waals surface area contributed by atoms with Gasteiger partial charge in [0.2, 0.25) is 0 Å². The van der Waals surface area contributed by atoms with Gasteiger partial charge in [-0.25, -0.2) is 0 Å². The zero-order valence-corrected chi connectivity index (χ0v) is 11.0. The van der Waals surface area contributed by atoms with Crippen LogP contribution in [0.25, 0.3) is 11.1 Å². The minimum Gasteiger partial charge on any atom is -0.380 e. The molecule has 3 rings (SSSR count). The van der Waals surface area contributed by atoms with Crippen molar-refractivity contribution in [3.63, 3.8) is 0 Å². The molecule has 2 aromatic carbocycles. The Hall–Kier alpha value is -1.64. The Balaban J connectivity index is 1.83. The first-order chi connectivity index (χ1) is 9.34. The summed E-state index contributed by atoms with van der Waals surface area (Å²) in [6.45, 7) is 1.49. The van der Waals surface area contributed by atoms with Gasteiger partial charge in [0.05, 0.1) is 6.61 Å². The van der Waals surface area contributed by atoms with Gasteiger partial charge in [0, 0.05) is 18.6 Å². The lowest BCUT2D eigenvalue weighted by atomic mass is 9.87. The number of benzene rings is 2. The third kappa shape index (κ3) is 2.70. The van der Waals surface area contributed by atoms with Crippen molar-refractivity contribution in [1.82, 2.24) is 0 Å². The summed E-state index contributed by atoms with van der Waals surface area (Å²) in [4.78, 5) is 0. The molecule has 98 valence electrons. The molecular weight excluding hydrogens is 234 g/mol. The van der Waals surface area contributed by atoms with Gasteiger partial charge in [-0.15, -0.1) is 0 Å². The lowest BCUT2D eigenvalue weighted by Crippen LogP contribution is -2.37. The molecule has 1 saturated heterocycles. The molecule has 0 spiro atoms. The lowest BCUT2D eigenvalue weighted by Gasteiger charge is -2.29. The molecule has 0 saturated carbocycles. The van der Waals surface area contributed by atoms with Gasteiger partial charge in [0.15, 0.2) is 0 Å². The molecule has 2 N–H and O–H groups in total. The molecule has 0 amide bonds. The summed E-state index contributed by atoms with van der Waals surface area (Å²) >= 11 is 0. The fourth-order valence-electron chi connectivity index (χ4n) is 2.73. The number of nitrogens with two attached hydrogens (primary N) is 1. The fourth-order valence-corrected chi connectivity index (χ4v) is 2.73. The normalized spacial score (nSPS) is 23.2. The van der Waals surface area contributed by atoms with Crippen molar-refractivity contribution in [2.75, 3.05) is 13.2 Å². The van der Waals surface area contributed by atoms with Gasteiger partial charge in [-0.05, 0) is 23.1 Å². The van der Waals surface area contributed by atoms with Gasteiger partial charge in [0.25, 0.3) is 0 Å². The summed E-state index contributed by atoms with van der Waals surface area (Å²) in [6, 6.07) is 19.4. The highest BCUT2D eigenvalue weighted by molar-refractivity contribution is 5.63. The molecule has 1 aliphatic rings. The van der Waals surface area contributed by atoms with Crippen LogP contribution in [0.1, 0.15) is 17.9 Å². The predicted molar refractivity (Wildman–Crippen MR) is 78.0 cm³/mol. The summed E-state index contributed by atoms with van der Waals surface area (Å²) in [5.41, 5.74) is 9.97. The van der Waals surface area contributed by atoms with Gasteiger partial charge >= 0.3 is 0 Å². The summed E-state index contributed by atoms with van der Waals surface area (Å²) in [6.07, 6.45) is 1.02. The standard InChI is InChI=1S/C17H19NO/c18-17-12-19-11-10-16(17)15-8-6-14(7-9-15)13-4-2-1-3-5-13/h1-9,16-17H,10-12,18H2/t16-,17+/m1/s1. The maximum Gasteiger partial charge on any atom is 0.0623 e. The summed E-state index contributed by atoms with van der Waals surface area (Å²) in [5, 5.41) is 0. The largest absolute Gasteiger partial charge is 0.380 e. The second-order valence-corrected chi connectivity index (χ2v) is 5.12. The molecule has 0 aliphatic carbocycles. The van der Waals surface area contributed by atoms with E-state index in [0.717, 1.165) is 13.0 Å². The Morgan fingerprint density at radius 1 is 0.895 bits per heavy atom. The van der Waals surface area contributed by atoms with Crippen molar-refractivity contribution in [2.24, 2.45) is 5.73 Å². The van der Waals surface area contributed by atoms with E-state index in [2.05, 4.69) is 48.5 Å². The van der Waals surface area contributed by atoms with Gasteiger partial charge in [-0.2, -0.15) is 0 Å². The highest BCUT2D eigenvalue weighted by Crippen LogP contribution is 2.28. The van der Waals surface area contributed by atoms with Crippen molar-refractivity contribution in [3.8, 4) is 11.1 Å². The molecule has 2 atom stereocenters. The van der Waals surface area contributed by atoms with E-state index in [1.165, 1.54) is 16.7 Å². The van der Waals surface area contributed by atoms with E-state index < -0.39 is 0 Å². The van der Waals surface area contributed by atoms with Crippen molar-refractivity contribution < 1.29 is 4.74 Å². The molecule has 0 bridgehead atoms. The highest BCUT2D eigenvalue weighted by Gasteiger charge is 2.23. The summed E-state index contributed by atoms with van der Waals surface area (Å²) in [5.74, 6) is 0.429. The SMILES string of the molecule is N[C@H]1COCC[C@@H]1c1ccc(-c2ccccc2)cc1. The van der Waals surface area contributed by atoms with Crippen LogP contribution in [-0.4, -0.2) is 19.3 Å². The van der Waals surface area contributed by atoms with Crippen LogP contribution in [0.3, 0.4) is 0 Å². The van der Waals surface area contributed by atoms with Crippen LogP contribution in [0.15, 0.2) is 54.6 Å². The molecular formula is C17H19NO. The Labute approximate surface area is 114 Å². The van der Waals surface area contributed by atoms with E-state index in [1.807, 2.05) is 6.07 Å². The zero-order chi connectivity index (χ0) is 13.1. The van der Waals surface area contributed by atoms with E-state index >= 15 is 0 Å². The van der Waals surface area contributed by atoms with Crippen molar-refractivity contribution >= 4 is 0 Å². The van der Waals surface area contributed by atoms with Crippen LogP contribution in [0.2, 0.25) is 0 Å². The second kappa shape index (κ2) is 5.55. The van der Waals surface area contributed by atoms with E-state index in [0.29, 0.717) is 12.5 Å². The average molecular weight is 253 g/mol. The molecule has 0 aromatic heterocycles. The third-order valence-corrected chi connectivity index (χ3v) is 3.85. The third-order valence-electron chi connectivity index (χ3n) is 3.85. The van der Waals surface area contributed by atoms with Gasteiger partial charge in [-0.1, -0.05) is 54.6 Å². The van der Waals surface area contributed by atoms with Crippen LogP contribution in [0.4, 0.5) is 0 Å².